The third-order valence-electron chi connectivity index (χ3n) is 4.90. The molecule has 1 amide bonds. The van der Waals surface area contributed by atoms with E-state index in [2.05, 4.69) is 10.3 Å². The molecule has 4 rings (SSSR count). The Labute approximate surface area is 199 Å². The SMILES string of the molecule is CC(C)CC(=O)Nc1ccc(C(=O)CSc2nc3sccc3c(=O)n2-c2ccccc2)cc1. The van der Waals surface area contributed by atoms with E-state index in [-0.39, 0.29) is 28.9 Å². The monoisotopic (exact) mass is 477 g/mol. The van der Waals surface area contributed by atoms with Crippen molar-refractivity contribution >= 4 is 50.7 Å². The van der Waals surface area contributed by atoms with Crippen LogP contribution in [-0.2, 0) is 4.79 Å². The molecule has 1 N–H and O–H groups in total. The van der Waals surface area contributed by atoms with Gasteiger partial charge in [0.25, 0.3) is 5.56 Å². The quantitative estimate of drug-likeness (QED) is 0.209. The number of amides is 1. The van der Waals surface area contributed by atoms with Gasteiger partial charge in [-0.2, -0.15) is 0 Å². The van der Waals surface area contributed by atoms with Crippen LogP contribution in [0.15, 0.2) is 76.0 Å². The minimum absolute atomic E-state index is 0.0476. The van der Waals surface area contributed by atoms with Crippen LogP contribution in [-0.4, -0.2) is 27.0 Å². The Morgan fingerprint density at radius 3 is 2.48 bits per heavy atom. The zero-order valence-electron chi connectivity index (χ0n) is 18.3. The Morgan fingerprint density at radius 2 is 1.79 bits per heavy atom. The normalized spacial score (nSPS) is 11.1. The largest absolute Gasteiger partial charge is 0.326 e. The molecular weight excluding hydrogens is 454 g/mol. The van der Waals surface area contributed by atoms with Crippen LogP contribution in [0.5, 0.6) is 0 Å². The van der Waals surface area contributed by atoms with Crippen molar-refractivity contribution in [1.29, 1.82) is 0 Å². The van der Waals surface area contributed by atoms with Crippen LogP contribution >= 0.6 is 23.1 Å². The second-order valence-corrected chi connectivity index (χ2v) is 9.78. The molecule has 4 aromatic rings. The van der Waals surface area contributed by atoms with E-state index >= 15 is 0 Å². The molecule has 0 fully saturated rings. The lowest BCUT2D eigenvalue weighted by Crippen LogP contribution is -2.21. The van der Waals surface area contributed by atoms with Crippen LogP contribution in [0.25, 0.3) is 15.9 Å². The van der Waals surface area contributed by atoms with Gasteiger partial charge < -0.3 is 5.32 Å². The molecule has 0 spiro atoms. The second-order valence-electron chi connectivity index (χ2n) is 7.95. The fourth-order valence-electron chi connectivity index (χ4n) is 3.33. The van der Waals surface area contributed by atoms with E-state index in [1.165, 1.54) is 23.1 Å². The number of carbonyl (C=O) groups is 2. The fourth-order valence-corrected chi connectivity index (χ4v) is 5.04. The van der Waals surface area contributed by atoms with E-state index in [9.17, 15) is 14.4 Å². The van der Waals surface area contributed by atoms with Crippen molar-refractivity contribution in [3.63, 3.8) is 0 Å². The summed E-state index contributed by atoms with van der Waals surface area (Å²) in [5, 5.41) is 5.73. The average molecular weight is 478 g/mol. The first kappa shape index (κ1) is 22.9. The van der Waals surface area contributed by atoms with Crippen LogP contribution < -0.4 is 10.9 Å². The number of aromatic nitrogens is 2. The number of nitrogens with one attached hydrogen (secondary N) is 1. The van der Waals surface area contributed by atoms with Gasteiger partial charge in [-0.25, -0.2) is 4.98 Å². The molecule has 0 bridgehead atoms. The molecule has 0 saturated heterocycles. The summed E-state index contributed by atoms with van der Waals surface area (Å²) in [5.74, 6) is 0.279. The molecule has 0 radical (unpaired) electrons. The van der Waals surface area contributed by atoms with Crippen LogP contribution in [0.4, 0.5) is 5.69 Å². The topological polar surface area (TPSA) is 81.1 Å². The van der Waals surface area contributed by atoms with E-state index in [0.717, 1.165) is 0 Å². The number of nitrogens with zero attached hydrogens (tertiary/aromatic N) is 2. The van der Waals surface area contributed by atoms with Crippen LogP contribution in [0.3, 0.4) is 0 Å². The molecule has 2 heterocycles. The Bertz CT molecular complexity index is 1340. The molecule has 2 aromatic carbocycles. The number of ketones is 1. The van der Waals surface area contributed by atoms with Crippen LogP contribution in [0, 0.1) is 5.92 Å². The van der Waals surface area contributed by atoms with Gasteiger partial charge >= 0.3 is 0 Å². The first-order chi connectivity index (χ1) is 15.9. The van der Waals surface area contributed by atoms with Crippen molar-refractivity contribution in [2.45, 2.75) is 25.4 Å². The maximum absolute atomic E-state index is 13.1. The Morgan fingerprint density at radius 1 is 1.06 bits per heavy atom. The molecule has 2 aromatic heterocycles. The maximum atomic E-state index is 13.1. The highest BCUT2D eigenvalue weighted by molar-refractivity contribution is 7.99. The molecule has 0 aliphatic rings. The second kappa shape index (κ2) is 10.1. The first-order valence-corrected chi connectivity index (χ1v) is 12.4. The first-order valence-electron chi connectivity index (χ1n) is 10.5. The van der Waals surface area contributed by atoms with Crippen LogP contribution in [0.2, 0.25) is 0 Å². The van der Waals surface area contributed by atoms with E-state index in [1.807, 2.05) is 49.6 Å². The number of rotatable bonds is 8. The summed E-state index contributed by atoms with van der Waals surface area (Å²) in [7, 11) is 0. The molecule has 0 aliphatic carbocycles. The third-order valence-corrected chi connectivity index (χ3v) is 6.64. The summed E-state index contributed by atoms with van der Waals surface area (Å²) in [5.41, 5.74) is 1.76. The van der Waals surface area contributed by atoms with Gasteiger partial charge in [-0.1, -0.05) is 43.8 Å². The van der Waals surface area contributed by atoms with Gasteiger partial charge in [0.2, 0.25) is 5.91 Å². The van der Waals surface area contributed by atoms with Gasteiger partial charge in [-0.05, 0) is 53.8 Å². The number of benzene rings is 2. The lowest BCUT2D eigenvalue weighted by Gasteiger charge is -2.12. The van der Waals surface area contributed by atoms with Gasteiger partial charge in [0, 0.05) is 17.7 Å². The Balaban J connectivity index is 1.52. The van der Waals surface area contributed by atoms with Crippen molar-refractivity contribution in [1.82, 2.24) is 9.55 Å². The Kier molecular flexibility index (Phi) is 7.05. The summed E-state index contributed by atoms with van der Waals surface area (Å²) >= 11 is 2.64. The average Bonchev–Trinajstić information content (AvgIpc) is 3.27. The van der Waals surface area contributed by atoms with Gasteiger partial charge in [0.05, 0.1) is 16.8 Å². The van der Waals surface area contributed by atoms with Crippen molar-refractivity contribution in [3.8, 4) is 5.69 Å². The standard InChI is InChI=1S/C25H23N3O3S2/c1-16(2)14-22(30)26-18-10-8-17(9-11-18)21(29)15-33-25-27-23-20(12-13-32-23)24(31)28(25)19-6-4-3-5-7-19/h3-13,16H,14-15H2,1-2H3,(H,26,30). The molecule has 8 heteroatoms. The lowest BCUT2D eigenvalue weighted by molar-refractivity contribution is -0.116. The predicted molar refractivity (Wildman–Crippen MR) is 135 cm³/mol. The summed E-state index contributed by atoms with van der Waals surface area (Å²) in [6.45, 7) is 3.97. The number of hydrogen-bond acceptors (Lipinski definition) is 6. The number of hydrogen-bond donors (Lipinski definition) is 1. The number of thioether (sulfide) groups is 1. The summed E-state index contributed by atoms with van der Waals surface area (Å²) < 4.78 is 1.56. The highest BCUT2D eigenvalue weighted by Gasteiger charge is 2.16. The molecular formula is C25H23N3O3S2. The number of Topliss-reactive ketones (excluding diaryl/α,β-unsaturated/α-hetero) is 1. The van der Waals surface area contributed by atoms with E-state index in [4.69, 9.17) is 0 Å². The molecule has 0 saturated carbocycles. The molecule has 33 heavy (non-hydrogen) atoms. The van der Waals surface area contributed by atoms with E-state index in [1.54, 1.807) is 34.9 Å². The smallest absolute Gasteiger partial charge is 0.267 e. The van der Waals surface area contributed by atoms with Gasteiger partial charge in [0.15, 0.2) is 10.9 Å². The van der Waals surface area contributed by atoms with Gasteiger partial charge in [-0.15, -0.1) is 11.3 Å². The summed E-state index contributed by atoms with van der Waals surface area (Å²) in [4.78, 5) is 43.2. The van der Waals surface area contributed by atoms with E-state index in [0.29, 0.717) is 38.7 Å². The highest BCUT2D eigenvalue weighted by atomic mass is 32.2. The maximum Gasteiger partial charge on any atom is 0.267 e. The van der Waals surface area contributed by atoms with E-state index < -0.39 is 0 Å². The number of fused-ring (bicyclic) bond motifs is 1. The molecule has 168 valence electrons. The molecule has 0 unspecified atom stereocenters. The fraction of sp³-hybridized carbons (Fsp3) is 0.200. The Hall–Kier alpha value is -3.23. The number of thiophene rings is 1. The minimum Gasteiger partial charge on any atom is -0.326 e. The molecule has 6 nitrogen and oxygen atoms in total. The van der Waals surface area contributed by atoms with Crippen molar-refractivity contribution < 1.29 is 9.59 Å². The minimum atomic E-state index is -0.149. The van der Waals surface area contributed by atoms with Gasteiger partial charge in [-0.3, -0.25) is 19.0 Å². The number of anilines is 1. The predicted octanol–water partition coefficient (Wildman–Crippen LogP) is 5.41. The van der Waals surface area contributed by atoms with Crippen molar-refractivity contribution in [2.24, 2.45) is 5.92 Å². The summed E-state index contributed by atoms with van der Waals surface area (Å²) in [6.07, 6.45) is 0.446. The number of carbonyl (C=O) groups excluding carboxylic acids is 2. The zero-order valence-corrected chi connectivity index (χ0v) is 19.9. The zero-order chi connectivity index (χ0) is 23.4. The molecule has 0 atom stereocenters. The van der Waals surface area contributed by atoms with Gasteiger partial charge in [0.1, 0.15) is 4.83 Å². The number of para-hydroxylation sites is 1. The third kappa shape index (κ3) is 5.40. The summed E-state index contributed by atoms with van der Waals surface area (Å²) in [6, 6.07) is 17.9. The van der Waals surface area contributed by atoms with Crippen LogP contribution in [0.1, 0.15) is 30.6 Å². The van der Waals surface area contributed by atoms with Crippen molar-refractivity contribution in [3.05, 3.63) is 82.0 Å². The lowest BCUT2D eigenvalue weighted by atomic mass is 10.1. The highest BCUT2D eigenvalue weighted by Crippen LogP contribution is 2.24. The van der Waals surface area contributed by atoms with Crippen molar-refractivity contribution in [2.75, 3.05) is 11.1 Å². The molecule has 0 aliphatic heterocycles.